The Hall–Kier alpha value is -2.20. The van der Waals surface area contributed by atoms with E-state index in [4.69, 9.17) is 11.6 Å². The molecule has 2 heterocycles. The van der Waals surface area contributed by atoms with Gasteiger partial charge in [-0.05, 0) is 12.1 Å². The van der Waals surface area contributed by atoms with Crippen molar-refractivity contribution in [2.75, 3.05) is 5.32 Å². The number of benzene rings is 1. The SMILES string of the molecule is Cn1cc(NCc2[nH]c3ccccc3c2Cl)ccc1=O. The minimum Gasteiger partial charge on any atom is -0.378 e. The summed E-state index contributed by atoms with van der Waals surface area (Å²) < 4.78 is 1.54. The molecule has 0 saturated carbocycles. The van der Waals surface area contributed by atoms with E-state index in [1.165, 1.54) is 10.6 Å². The van der Waals surface area contributed by atoms with Crippen LogP contribution in [0.1, 0.15) is 5.69 Å². The molecule has 1 aromatic carbocycles. The first-order chi connectivity index (χ1) is 9.65. The molecule has 20 heavy (non-hydrogen) atoms. The maximum Gasteiger partial charge on any atom is 0.250 e. The molecule has 5 heteroatoms. The molecular weight excluding hydrogens is 274 g/mol. The first-order valence-electron chi connectivity index (χ1n) is 6.31. The molecule has 0 bridgehead atoms. The number of H-pyrrole nitrogens is 1. The van der Waals surface area contributed by atoms with Gasteiger partial charge in [-0.3, -0.25) is 4.79 Å². The number of fused-ring (bicyclic) bond motifs is 1. The number of hydrogen-bond acceptors (Lipinski definition) is 2. The Balaban J connectivity index is 1.84. The third-order valence-corrected chi connectivity index (χ3v) is 3.70. The minimum absolute atomic E-state index is 0.0285. The molecule has 0 atom stereocenters. The van der Waals surface area contributed by atoms with Gasteiger partial charge in [0.05, 0.1) is 22.9 Å². The van der Waals surface area contributed by atoms with Gasteiger partial charge < -0.3 is 14.9 Å². The highest BCUT2D eigenvalue weighted by Gasteiger charge is 2.08. The second kappa shape index (κ2) is 5.06. The molecule has 0 aliphatic carbocycles. The Morgan fingerprint density at radius 1 is 1.25 bits per heavy atom. The van der Waals surface area contributed by atoms with Crippen LogP contribution < -0.4 is 10.9 Å². The largest absolute Gasteiger partial charge is 0.378 e. The fourth-order valence-corrected chi connectivity index (χ4v) is 2.45. The number of halogens is 1. The van der Waals surface area contributed by atoms with Crippen molar-refractivity contribution in [2.45, 2.75) is 6.54 Å². The second-order valence-corrected chi connectivity index (χ2v) is 5.06. The van der Waals surface area contributed by atoms with Gasteiger partial charge in [0.2, 0.25) is 5.56 Å². The minimum atomic E-state index is -0.0285. The number of para-hydroxylation sites is 1. The average molecular weight is 288 g/mol. The third-order valence-electron chi connectivity index (χ3n) is 3.27. The van der Waals surface area contributed by atoms with Crippen LogP contribution in [-0.2, 0) is 13.6 Å². The van der Waals surface area contributed by atoms with Crippen LogP contribution in [0.3, 0.4) is 0 Å². The van der Waals surface area contributed by atoms with E-state index in [0.717, 1.165) is 27.3 Å². The van der Waals surface area contributed by atoms with Crippen molar-refractivity contribution in [1.82, 2.24) is 9.55 Å². The van der Waals surface area contributed by atoms with Crippen LogP contribution in [0.25, 0.3) is 10.9 Å². The zero-order valence-electron chi connectivity index (χ0n) is 11.0. The number of aromatic nitrogens is 2. The maximum absolute atomic E-state index is 11.3. The molecule has 2 aromatic heterocycles. The summed E-state index contributed by atoms with van der Waals surface area (Å²) in [6.07, 6.45) is 1.76. The van der Waals surface area contributed by atoms with E-state index in [1.807, 2.05) is 24.3 Å². The smallest absolute Gasteiger partial charge is 0.250 e. The summed E-state index contributed by atoms with van der Waals surface area (Å²) in [4.78, 5) is 14.6. The quantitative estimate of drug-likeness (QED) is 0.777. The summed E-state index contributed by atoms with van der Waals surface area (Å²) in [5.41, 5.74) is 2.80. The molecule has 3 rings (SSSR count). The van der Waals surface area contributed by atoms with Crippen molar-refractivity contribution in [2.24, 2.45) is 7.05 Å². The van der Waals surface area contributed by atoms with Gasteiger partial charge in [0.25, 0.3) is 0 Å². The molecule has 0 spiro atoms. The van der Waals surface area contributed by atoms with Crippen molar-refractivity contribution in [3.8, 4) is 0 Å². The Labute approximate surface area is 121 Å². The monoisotopic (exact) mass is 287 g/mol. The zero-order valence-corrected chi connectivity index (χ0v) is 11.7. The van der Waals surface area contributed by atoms with Crippen LogP contribution in [0.5, 0.6) is 0 Å². The van der Waals surface area contributed by atoms with Crippen LogP contribution in [0.2, 0.25) is 5.02 Å². The van der Waals surface area contributed by atoms with E-state index in [1.54, 1.807) is 19.3 Å². The standard InChI is InChI=1S/C15H14ClN3O/c1-19-9-10(6-7-14(19)20)17-8-13-15(16)11-4-2-3-5-12(11)18-13/h2-7,9,17-18H,8H2,1H3. The van der Waals surface area contributed by atoms with Gasteiger partial charge in [-0.1, -0.05) is 29.8 Å². The first-order valence-corrected chi connectivity index (χ1v) is 6.68. The second-order valence-electron chi connectivity index (χ2n) is 4.68. The van der Waals surface area contributed by atoms with E-state index in [-0.39, 0.29) is 5.56 Å². The number of aryl methyl sites for hydroxylation is 1. The molecule has 3 aromatic rings. The first kappa shape index (κ1) is 12.8. The Morgan fingerprint density at radius 3 is 2.80 bits per heavy atom. The maximum atomic E-state index is 11.3. The lowest BCUT2D eigenvalue weighted by Crippen LogP contribution is -2.15. The highest BCUT2D eigenvalue weighted by molar-refractivity contribution is 6.36. The molecular formula is C15H14ClN3O. The number of pyridine rings is 1. The molecule has 0 saturated heterocycles. The van der Waals surface area contributed by atoms with Gasteiger partial charge in [0.15, 0.2) is 0 Å². The summed E-state index contributed by atoms with van der Waals surface area (Å²) in [7, 11) is 1.73. The summed E-state index contributed by atoms with van der Waals surface area (Å²) in [6.45, 7) is 0.575. The molecule has 0 aliphatic heterocycles. The number of hydrogen-bond donors (Lipinski definition) is 2. The average Bonchev–Trinajstić information content (AvgIpc) is 2.77. The Morgan fingerprint density at radius 2 is 2.05 bits per heavy atom. The van der Waals surface area contributed by atoms with Crippen LogP contribution in [0.15, 0.2) is 47.4 Å². The van der Waals surface area contributed by atoms with Crippen molar-refractivity contribution >= 4 is 28.2 Å². The molecule has 0 aliphatic rings. The molecule has 0 fully saturated rings. The summed E-state index contributed by atoms with van der Waals surface area (Å²) in [5, 5.41) is 5.01. The van der Waals surface area contributed by atoms with E-state index in [9.17, 15) is 4.79 Å². The number of aromatic amines is 1. The normalized spacial score (nSPS) is 10.9. The van der Waals surface area contributed by atoms with E-state index in [2.05, 4.69) is 10.3 Å². The lowest BCUT2D eigenvalue weighted by Gasteiger charge is -2.06. The Bertz CT molecular complexity index is 819. The zero-order chi connectivity index (χ0) is 14.1. The van der Waals surface area contributed by atoms with E-state index >= 15 is 0 Å². The molecule has 2 N–H and O–H groups in total. The number of rotatable bonds is 3. The highest BCUT2D eigenvalue weighted by Crippen LogP contribution is 2.27. The summed E-state index contributed by atoms with van der Waals surface area (Å²) in [6, 6.07) is 11.2. The fraction of sp³-hybridized carbons (Fsp3) is 0.133. The fourth-order valence-electron chi connectivity index (χ4n) is 2.17. The van der Waals surface area contributed by atoms with Crippen molar-refractivity contribution in [3.63, 3.8) is 0 Å². The van der Waals surface area contributed by atoms with Gasteiger partial charge >= 0.3 is 0 Å². The Kier molecular flexibility index (Phi) is 3.24. The van der Waals surface area contributed by atoms with Gasteiger partial charge in [-0.25, -0.2) is 0 Å². The van der Waals surface area contributed by atoms with Crippen molar-refractivity contribution in [3.05, 3.63) is 63.7 Å². The summed E-state index contributed by atoms with van der Waals surface area (Å²) in [5.74, 6) is 0. The van der Waals surface area contributed by atoms with Crippen LogP contribution in [0, 0.1) is 0 Å². The van der Waals surface area contributed by atoms with Gasteiger partial charge in [-0.15, -0.1) is 0 Å². The van der Waals surface area contributed by atoms with Crippen LogP contribution >= 0.6 is 11.6 Å². The van der Waals surface area contributed by atoms with Crippen molar-refractivity contribution < 1.29 is 0 Å². The van der Waals surface area contributed by atoms with Gasteiger partial charge in [-0.2, -0.15) is 0 Å². The molecule has 0 amide bonds. The van der Waals surface area contributed by atoms with Gasteiger partial charge in [0.1, 0.15) is 0 Å². The van der Waals surface area contributed by atoms with Crippen LogP contribution in [0.4, 0.5) is 5.69 Å². The van der Waals surface area contributed by atoms with Crippen molar-refractivity contribution in [1.29, 1.82) is 0 Å². The molecule has 102 valence electrons. The lowest BCUT2D eigenvalue weighted by atomic mass is 10.2. The van der Waals surface area contributed by atoms with Crippen LogP contribution in [-0.4, -0.2) is 9.55 Å². The predicted octanol–water partition coefficient (Wildman–Crippen LogP) is 3.13. The highest BCUT2D eigenvalue weighted by atomic mass is 35.5. The number of anilines is 1. The number of nitrogens with one attached hydrogen (secondary N) is 2. The molecule has 4 nitrogen and oxygen atoms in total. The van der Waals surface area contributed by atoms with E-state index in [0.29, 0.717) is 6.54 Å². The lowest BCUT2D eigenvalue weighted by molar-refractivity contribution is 0.859. The van der Waals surface area contributed by atoms with Gasteiger partial charge in [0, 0.05) is 30.2 Å². The summed E-state index contributed by atoms with van der Waals surface area (Å²) >= 11 is 6.35. The predicted molar refractivity (Wildman–Crippen MR) is 82.3 cm³/mol. The van der Waals surface area contributed by atoms with E-state index < -0.39 is 0 Å². The number of nitrogens with zero attached hydrogens (tertiary/aromatic N) is 1. The topological polar surface area (TPSA) is 49.8 Å². The molecule has 0 unspecified atom stereocenters. The molecule has 0 radical (unpaired) electrons. The third kappa shape index (κ3) is 2.30.